The highest BCUT2D eigenvalue weighted by molar-refractivity contribution is 7.92. The third-order valence-corrected chi connectivity index (χ3v) is 9.65. The molecule has 0 heterocycles. The van der Waals surface area contributed by atoms with Crippen LogP contribution in [-0.4, -0.2) is 44.3 Å². The van der Waals surface area contributed by atoms with E-state index in [0.29, 0.717) is 11.6 Å². The van der Waals surface area contributed by atoms with Crippen LogP contribution in [-0.2, 0) is 32.6 Å². The number of hydrogen-bond acceptors (Lipinski definition) is 4. The van der Waals surface area contributed by atoms with E-state index in [4.69, 9.17) is 11.6 Å². The Morgan fingerprint density at radius 2 is 1.56 bits per heavy atom. The van der Waals surface area contributed by atoms with Crippen molar-refractivity contribution >= 4 is 39.1 Å². The molecule has 45 heavy (non-hydrogen) atoms. The number of aryl methyl sites for hydroxylation is 1. The van der Waals surface area contributed by atoms with Crippen LogP contribution in [0.3, 0.4) is 0 Å². The topological polar surface area (TPSA) is 86.8 Å². The summed E-state index contributed by atoms with van der Waals surface area (Å²) in [5.74, 6) is -1.63. The molecule has 2 amide bonds. The van der Waals surface area contributed by atoms with Crippen LogP contribution in [0, 0.1) is 12.7 Å². The first-order valence-electron chi connectivity index (χ1n) is 14.8. The number of nitrogens with zero attached hydrogens (tertiary/aromatic N) is 2. The normalized spacial score (nSPS) is 11.9. The van der Waals surface area contributed by atoms with Gasteiger partial charge in [0.25, 0.3) is 10.0 Å². The first-order valence-corrected chi connectivity index (χ1v) is 16.6. The lowest BCUT2D eigenvalue weighted by Gasteiger charge is -2.34. The molecule has 4 rings (SSSR count). The van der Waals surface area contributed by atoms with Gasteiger partial charge in [-0.3, -0.25) is 13.9 Å². The van der Waals surface area contributed by atoms with Crippen molar-refractivity contribution in [3.05, 3.63) is 131 Å². The number of anilines is 1. The molecule has 0 aliphatic rings. The van der Waals surface area contributed by atoms with Gasteiger partial charge in [-0.15, -0.1) is 0 Å². The van der Waals surface area contributed by atoms with Crippen molar-refractivity contribution in [1.29, 1.82) is 0 Å². The molecule has 236 valence electrons. The second-order valence-corrected chi connectivity index (χ2v) is 13.0. The van der Waals surface area contributed by atoms with Gasteiger partial charge in [0.2, 0.25) is 11.8 Å². The van der Waals surface area contributed by atoms with E-state index in [9.17, 15) is 18.0 Å². The summed E-state index contributed by atoms with van der Waals surface area (Å²) in [6.07, 6.45) is 1.73. The van der Waals surface area contributed by atoms with Crippen LogP contribution < -0.4 is 9.62 Å². The fourth-order valence-corrected chi connectivity index (χ4v) is 6.46. The predicted octanol–water partition coefficient (Wildman–Crippen LogP) is 6.54. The maximum absolute atomic E-state index is 15.0. The van der Waals surface area contributed by atoms with Crippen LogP contribution in [0.5, 0.6) is 0 Å². The first-order chi connectivity index (χ1) is 21.6. The Bertz CT molecular complexity index is 1700. The highest BCUT2D eigenvalue weighted by Crippen LogP contribution is 2.29. The Morgan fingerprint density at radius 3 is 2.20 bits per heavy atom. The van der Waals surface area contributed by atoms with Gasteiger partial charge < -0.3 is 10.2 Å². The maximum atomic E-state index is 15.0. The minimum Gasteiger partial charge on any atom is -0.354 e. The molecule has 4 aromatic carbocycles. The summed E-state index contributed by atoms with van der Waals surface area (Å²) < 4.78 is 44.1. The molecule has 0 fully saturated rings. The minimum atomic E-state index is -4.26. The number of nitrogens with one attached hydrogen (secondary N) is 1. The zero-order valence-corrected chi connectivity index (χ0v) is 26.9. The molecule has 7 nitrogen and oxygen atoms in total. The molecule has 0 saturated heterocycles. The predicted molar refractivity (Wildman–Crippen MR) is 176 cm³/mol. The molecule has 0 bridgehead atoms. The van der Waals surface area contributed by atoms with Crippen LogP contribution >= 0.6 is 11.6 Å². The number of carbonyl (C=O) groups excluding carboxylic acids is 2. The Kier molecular flexibility index (Phi) is 11.7. The van der Waals surface area contributed by atoms with Crippen molar-refractivity contribution in [2.24, 2.45) is 0 Å². The van der Waals surface area contributed by atoms with E-state index in [-0.39, 0.29) is 29.1 Å². The zero-order chi connectivity index (χ0) is 32.4. The summed E-state index contributed by atoms with van der Waals surface area (Å²) >= 11 is 6.41. The van der Waals surface area contributed by atoms with Crippen molar-refractivity contribution < 1.29 is 22.4 Å². The minimum absolute atomic E-state index is 0.0201. The lowest BCUT2D eigenvalue weighted by molar-refractivity contribution is -0.140. The van der Waals surface area contributed by atoms with Gasteiger partial charge in [-0.1, -0.05) is 97.7 Å². The zero-order valence-electron chi connectivity index (χ0n) is 25.3. The van der Waals surface area contributed by atoms with Crippen molar-refractivity contribution in [1.82, 2.24) is 10.2 Å². The van der Waals surface area contributed by atoms with E-state index in [1.807, 2.05) is 37.3 Å². The van der Waals surface area contributed by atoms with Gasteiger partial charge in [-0.2, -0.15) is 0 Å². The molecule has 0 spiro atoms. The average molecular weight is 650 g/mol. The first kappa shape index (κ1) is 33.7. The van der Waals surface area contributed by atoms with Gasteiger partial charge in [0.05, 0.1) is 10.6 Å². The lowest BCUT2D eigenvalue weighted by Crippen LogP contribution is -2.53. The summed E-state index contributed by atoms with van der Waals surface area (Å²) in [6.45, 7) is 3.28. The summed E-state index contributed by atoms with van der Waals surface area (Å²) in [4.78, 5) is 29.4. The van der Waals surface area contributed by atoms with Crippen molar-refractivity contribution in [2.45, 2.75) is 50.6 Å². The van der Waals surface area contributed by atoms with Crippen LogP contribution in [0.15, 0.2) is 108 Å². The van der Waals surface area contributed by atoms with E-state index in [0.717, 1.165) is 28.3 Å². The van der Waals surface area contributed by atoms with Crippen LogP contribution in [0.2, 0.25) is 5.02 Å². The Labute approximate surface area is 269 Å². The number of amides is 2. The molecule has 0 radical (unpaired) electrons. The monoisotopic (exact) mass is 649 g/mol. The number of benzene rings is 4. The van der Waals surface area contributed by atoms with Gasteiger partial charge >= 0.3 is 0 Å². The molecular formula is C35H37ClFN3O4S. The number of halogens is 2. The quantitative estimate of drug-likeness (QED) is 0.157. The maximum Gasteiger partial charge on any atom is 0.264 e. The second kappa shape index (κ2) is 15.7. The average Bonchev–Trinajstić information content (AvgIpc) is 3.04. The van der Waals surface area contributed by atoms with Gasteiger partial charge in [-0.05, 0) is 54.8 Å². The van der Waals surface area contributed by atoms with E-state index in [1.54, 1.807) is 55.5 Å². The Hall–Kier alpha value is -4.21. The highest BCUT2D eigenvalue weighted by atomic mass is 35.5. The largest absolute Gasteiger partial charge is 0.354 e. The molecule has 1 N–H and O–H groups in total. The van der Waals surface area contributed by atoms with Gasteiger partial charge in [0.1, 0.15) is 18.4 Å². The number of rotatable bonds is 14. The molecule has 0 saturated carbocycles. The molecule has 4 aromatic rings. The number of carbonyl (C=O) groups is 2. The van der Waals surface area contributed by atoms with E-state index in [1.165, 1.54) is 29.2 Å². The smallest absolute Gasteiger partial charge is 0.264 e. The van der Waals surface area contributed by atoms with Crippen LogP contribution in [0.25, 0.3) is 0 Å². The molecule has 1 unspecified atom stereocenters. The summed E-state index contributed by atoms with van der Waals surface area (Å²) in [7, 11) is -4.26. The van der Waals surface area contributed by atoms with Gasteiger partial charge in [0.15, 0.2) is 0 Å². The van der Waals surface area contributed by atoms with Crippen molar-refractivity contribution in [3.63, 3.8) is 0 Å². The van der Waals surface area contributed by atoms with Crippen molar-refractivity contribution in [2.75, 3.05) is 17.4 Å². The third-order valence-electron chi connectivity index (χ3n) is 7.45. The van der Waals surface area contributed by atoms with Gasteiger partial charge in [-0.25, -0.2) is 12.8 Å². The van der Waals surface area contributed by atoms with E-state index in [2.05, 4.69) is 5.32 Å². The summed E-state index contributed by atoms with van der Waals surface area (Å²) in [5, 5.41) is 3.25. The lowest BCUT2D eigenvalue weighted by atomic mass is 10.0. The third kappa shape index (κ3) is 8.71. The fraction of sp³-hybridized carbons (Fsp3) is 0.257. The Balaban J connectivity index is 1.81. The molecule has 10 heteroatoms. The number of sulfonamides is 1. The standard InChI is InChI=1S/C35H37ClFN3O4S/c1-3-4-21-38-35(42)33(22-27-13-7-5-8-14-27)39(24-28-15-11-12-18-32(28)37)34(41)25-40(29-20-19-26(2)31(36)23-29)45(43,44)30-16-9-6-10-17-30/h5-20,23,33H,3-4,21-22,24-25H2,1-2H3,(H,38,42). The van der Waals surface area contributed by atoms with Gasteiger partial charge in [0, 0.05) is 30.1 Å². The summed E-state index contributed by atoms with van der Waals surface area (Å²) in [6, 6.07) is 26.7. The number of hydrogen-bond donors (Lipinski definition) is 1. The molecular weight excluding hydrogens is 613 g/mol. The molecule has 1 atom stereocenters. The van der Waals surface area contributed by atoms with E-state index >= 15 is 4.39 Å². The van der Waals surface area contributed by atoms with Crippen molar-refractivity contribution in [3.8, 4) is 0 Å². The molecule has 0 aliphatic carbocycles. The van der Waals surface area contributed by atoms with E-state index < -0.39 is 40.2 Å². The number of unbranched alkanes of at least 4 members (excludes halogenated alkanes) is 1. The SMILES string of the molecule is CCCCNC(=O)C(Cc1ccccc1)N(Cc1ccccc1F)C(=O)CN(c1ccc(C)c(Cl)c1)S(=O)(=O)c1ccccc1. The fourth-order valence-electron chi connectivity index (χ4n) is 4.86. The van der Waals surface area contributed by atoms with Crippen LogP contribution in [0.4, 0.5) is 10.1 Å². The summed E-state index contributed by atoms with van der Waals surface area (Å²) in [5.41, 5.74) is 1.90. The second-order valence-electron chi connectivity index (χ2n) is 10.7. The van der Waals surface area contributed by atoms with Crippen LogP contribution in [0.1, 0.15) is 36.5 Å². The molecule has 0 aromatic heterocycles. The highest BCUT2D eigenvalue weighted by Gasteiger charge is 2.35. The molecule has 0 aliphatic heterocycles. The Morgan fingerprint density at radius 1 is 0.911 bits per heavy atom.